The number of piperidine rings is 1. The lowest BCUT2D eigenvalue weighted by molar-refractivity contribution is 0.0350. The molecular formula is C12H15N3O. The molecule has 1 N–H and O–H groups in total. The van der Waals surface area contributed by atoms with Crippen LogP contribution in [0.2, 0.25) is 0 Å². The van der Waals surface area contributed by atoms with Gasteiger partial charge in [0.2, 0.25) is 0 Å². The smallest absolute Gasteiger partial charge is 0.129 e. The maximum absolute atomic E-state index is 9.84. The number of nitrogens with zero attached hydrogens (tertiary/aromatic N) is 3. The van der Waals surface area contributed by atoms with Crippen LogP contribution in [-0.4, -0.2) is 28.8 Å². The Labute approximate surface area is 95.1 Å². The van der Waals surface area contributed by atoms with Gasteiger partial charge in [0, 0.05) is 19.3 Å². The first-order valence-corrected chi connectivity index (χ1v) is 5.44. The van der Waals surface area contributed by atoms with E-state index in [2.05, 4.69) is 16.0 Å². The molecule has 1 aromatic rings. The van der Waals surface area contributed by atoms with Gasteiger partial charge in [-0.15, -0.1) is 0 Å². The monoisotopic (exact) mass is 217 g/mol. The lowest BCUT2D eigenvalue weighted by Gasteiger charge is -2.36. The predicted molar refractivity (Wildman–Crippen MR) is 61.0 cm³/mol. The van der Waals surface area contributed by atoms with Crippen molar-refractivity contribution < 1.29 is 5.11 Å². The van der Waals surface area contributed by atoms with E-state index in [9.17, 15) is 5.11 Å². The molecule has 1 aromatic heterocycles. The fourth-order valence-electron chi connectivity index (χ4n) is 1.88. The fourth-order valence-corrected chi connectivity index (χ4v) is 1.88. The van der Waals surface area contributed by atoms with E-state index in [1.165, 1.54) is 0 Å². The van der Waals surface area contributed by atoms with Gasteiger partial charge in [0.25, 0.3) is 0 Å². The fraction of sp³-hybridized carbons (Fsp3) is 0.500. The summed E-state index contributed by atoms with van der Waals surface area (Å²) in [5.74, 6) is 0.828. The van der Waals surface area contributed by atoms with E-state index in [1.54, 1.807) is 18.3 Å². The Morgan fingerprint density at radius 3 is 2.81 bits per heavy atom. The second-order valence-corrected chi connectivity index (χ2v) is 4.50. The van der Waals surface area contributed by atoms with E-state index in [4.69, 9.17) is 5.26 Å². The maximum atomic E-state index is 9.84. The number of hydrogen-bond acceptors (Lipinski definition) is 4. The minimum absolute atomic E-state index is 0.552. The minimum atomic E-state index is -0.552. The van der Waals surface area contributed by atoms with Gasteiger partial charge in [-0.2, -0.15) is 5.26 Å². The highest BCUT2D eigenvalue weighted by Crippen LogP contribution is 2.24. The van der Waals surface area contributed by atoms with Gasteiger partial charge < -0.3 is 10.0 Å². The van der Waals surface area contributed by atoms with Crippen LogP contribution in [-0.2, 0) is 0 Å². The molecule has 0 unspecified atom stereocenters. The third kappa shape index (κ3) is 2.31. The molecule has 0 radical (unpaired) electrons. The number of nitriles is 1. The zero-order valence-electron chi connectivity index (χ0n) is 9.35. The van der Waals surface area contributed by atoms with Crippen molar-refractivity contribution in [1.29, 1.82) is 5.26 Å². The van der Waals surface area contributed by atoms with Crippen LogP contribution in [0.5, 0.6) is 0 Å². The van der Waals surface area contributed by atoms with Crippen molar-refractivity contribution in [3.8, 4) is 6.07 Å². The van der Waals surface area contributed by atoms with Crippen LogP contribution in [0.3, 0.4) is 0 Å². The predicted octanol–water partition coefficient (Wildman–Crippen LogP) is 1.30. The first-order valence-electron chi connectivity index (χ1n) is 5.44. The molecule has 1 aliphatic rings. The van der Waals surface area contributed by atoms with Crippen molar-refractivity contribution in [2.24, 2.45) is 0 Å². The first kappa shape index (κ1) is 10.9. The molecule has 0 bridgehead atoms. The summed E-state index contributed by atoms with van der Waals surface area (Å²) >= 11 is 0. The summed E-state index contributed by atoms with van der Waals surface area (Å²) in [5, 5.41) is 18.6. The van der Waals surface area contributed by atoms with Gasteiger partial charge in [0.1, 0.15) is 5.82 Å². The molecule has 1 fully saturated rings. The van der Waals surface area contributed by atoms with Crippen molar-refractivity contribution in [3.05, 3.63) is 23.9 Å². The average molecular weight is 217 g/mol. The average Bonchev–Trinajstić information content (AvgIpc) is 2.29. The van der Waals surface area contributed by atoms with Crippen LogP contribution >= 0.6 is 0 Å². The summed E-state index contributed by atoms with van der Waals surface area (Å²) in [5.41, 5.74) is 0.0749. The number of anilines is 1. The molecule has 0 atom stereocenters. The molecule has 16 heavy (non-hydrogen) atoms. The largest absolute Gasteiger partial charge is 0.390 e. The first-order chi connectivity index (χ1) is 7.61. The molecule has 0 saturated carbocycles. The van der Waals surface area contributed by atoms with Crippen molar-refractivity contribution >= 4 is 5.82 Å². The summed E-state index contributed by atoms with van der Waals surface area (Å²) in [6.45, 7) is 3.44. The van der Waals surface area contributed by atoms with Gasteiger partial charge in [-0.3, -0.25) is 0 Å². The van der Waals surface area contributed by atoms with Gasteiger partial charge in [0.15, 0.2) is 0 Å². The number of rotatable bonds is 1. The van der Waals surface area contributed by atoms with Gasteiger partial charge in [0.05, 0.1) is 17.2 Å². The number of aliphatic hydroxyl groups is 1. The highest BCUT2D eigenvalue weighted by molar-refractivity contribution is 5.45. The molecule has 84 valence electrons. The molecule has 0 aliphatic carbocycles. The lowest BCUT2D eigenvalue weighted by Crippen LogP contribution is -2.42. The molecule has 2 heterocycles. The number of hydrogen-bond donors (Lipinski definition) is 1. The molecule has 0 spiro atoms. The Hall–Kier alpha value is -1.60. The molecule has 4 heteroatoms. The molecular weight excluding hydrogens is 202 g/mol. The topological polar surface area (TPSA) is 60.1 Å². The van der Waals surface area contributed by atoms with Gasteiger partial charge in [-0.1, -0.05) is 0 Å². The van der Waals surface area contributed by atoms with Gasteiger partial charge >= 0.3 is 0 Å². The maximum Gasteiger partial charge on any atom is 0.129 e. The quantitative estimate of drug-likeness (QED) is 0.770. The van der Waals surface area contributed by atoms with Crippen molar-refractivity contribution in [1.82, 2.24) is 4.98 Å². The van der Waals surface area contributed by atoms with Crippen molar-refractivity contribution in [3.63, 3.8) is 0 Å². The Balaban J connectivity index is 2.11. The Bertz CT molecular complexity index is 413. The standard InChI is InChI=1S/C12H15N3O/c1-12(16)3-6-15(7-4-12)11-8-10(9-13)2-5-14-11/h2,5,8,16H,3-4,6-7H2,1H3. The Morgan fingerprint density at radius 1 is 1.50 bits per heavy atom. The second kappa shape index (κ2) is 4.11. The molecule has 4 nitrogen and oxygen atoms in total. The van der Waals surface area contributed by atoms with Gasteiger partial charge in [-0.25, -0.2) is 4.98 Å². The normalized spacial score (nSPS) is 19.2. The van der Waals surface area contributed by atoms with E-state index < -0.39 is 5.60 Å². The van der Waals surface area contributed by atoms with E-state index in [0.29, 0.717) is 5.56 Å². The van der Waals surface area contributed by atoms with E-state index >= 15 is 0 Å². The van der Waals surface area contributed by atoms with E-state index in [-0.39, 0.29) is 0 Å². The highest BCUT2D eigenvalue weighted by atomic mass is 16.3. The van der Waals surface area contributed by atoms with Crippen LogP contribution in [0.1, 0.15) is 25.3 Å². The summed E-state index contributed by atoms with van der Waals surface area (Å²) in [6, 6.07) is 5.60. The zero-order valence-corrected chi connectivity index (χ0v) is 9.35. The summed E-state index contributed by atoms with van der Waals surface area (Å²) in [7, 11) is 0. The zero-order chi connectivity index (χ0) is 11.6. The molecule has 2 rings (SSSR count). The highest BCUT2D eigenvalue weighted by Gasteiger charge is 2.27. The van der Waals surface area contributed by atoms with Crippen LogP contribution in [0, 0.1) is 11.3 Å². The van der Waals surface area contributed by atoms with Crippen molar-refractivity contribution in [2.75, 3.05) is 18.0 Å². The van der Waals surface area contributed by atoms with Crippen LogP contribution < -0.4 is 4.90 Å². The van der Waals surface area contributed by atoms with Gasteiger partial charge in [-0.05, 0) is 31.9 Å². The Morgan fingerprint density at radius 2 is 2.19 bits per heavy atom. The summed E-state index contributed by atoms with van der Waals surface area (Å²) in [6.07, 6.45) is 3.14. The number of aromatic nitrogens is 1. The lowest BCUT2D eigenvalue weighted by atomic mass is 9.94. The molecule has 0 aromatic carbocycles. The minimum Gasteiger partial charge on any atom is -0.390 e. The third-order valence-electron chi connectivity index (χ3n) is 3.04. The number of pyridine rings is 1. The molecule has 1 saturated heterocycles. The summed E-state index contributed by atoms with van der Waals surface area (Å²) in [4.78, 5) is 6.36. The SMILES string of the molecule is CC1(O)CCN(c2cc(C#N)ccn2)CC1. The molecule has 1 aliphatic heterocycles. The summed E-state index contributed by atoms with van der Waals surface area (Å²) < 4.78 is 0. The Kier molecular flexibility index (Phi) is 2.80. The van der Waals surface area contributed by atoms with Crippen molar-refractivity contribution in [2.45, 2.75) is 25.4 Å². The van der Waals surface area contributed by atoms with Crippen LogP contribution in [0.4, 0.5) is 5.82 Å². The van der Waals surface area contributed by atoms with Crippen LogP contribution in [0.25, 0.3) is 0 Å². The van der Waals surface area contributed by atoms with E-state index in [0.717, 1.165) is 31.7 Å². The second-order valence-electron chi connectivity index (χ2n) is 4.50. The third-order valence-corrected chi connectivity index (χ3v) is 3.04. The van der Waals surface area contributed by atoms with Crippen LogP contribution in [0.15, 0.2) is 18.3 Å². The van der Waals surface area contributed by atoms with E-state index in [1.807, 2.05) is 6.92 Å². The molecule has 0 amide bonds.